The number of carbonyl (C=O) groups is 4. The Labute approximate surface area is 263 Å². The zero-order chi connectivity index (χ0) is 32.8. The second kappa shape index (κ2) is 24.0. The minimum Gasteiger partial charge on any atom is -0.465 e. The van der Waals surface area contributed by atoms with E-state index in [-0.39, 0.29) is 35.8 Å². The van der Waals surface area contributed by atoms with E-state index in [1.165, 1.54) is 25.7 Å². The van der Waals surface area contributed by atoms with E-state index in [9.17, 15) is 19.2 Å². The first-order chi connectivity index (χ1) is 20.6. The Morgan fingerprint density at radius 1 is 0.930 bits per heavy atom. The van der Waals surface area contributed by atoms with Crippen LogP contribution in [0.3, 0.4) is 0 Å². The maximum atomic E-state index is 13.0. The number of hydrogen-bond donors (Lipinski definition) is 1. The molecule has 43 heavy (non-hydrogen) atoms. The first kappa shape index (κ1) is 40.6. The maximum absolute atomic E-state index is 13.0. The molecule has 3 fully saturated rings. The average Bonchev–Trinajstić information content (AvgIpc) is 3.55. The second-order valence-electron chi connectivity index (χ2n) is 12.0. The monoisotopic (exact) mass is 608 g/mol. The van der Waals surface area contributed by atoms with Gasteiger partial charge < -0.3 is 19.9 Å². The number of likely N-dealkylation sites (N-methyl/N-ethyl adjacent to an activating group) is 2. The van der Waals surface area contributed by atoms with E-state index in [1.54, 1.807) is 18.9 Å². The molecule has 9 nitrogen and oxygen atoms in total. The number of rotatable bonds is 9. The Morgan fingerprint density at radius 3 is 1.98 bits per heavy atom. The summed E-state index contributed by atoms with van der Waals surface area (Å²) < 4.78 is 4.80. The van der Waals surface area contributed by atoms with E-state index < -0.39 is 6.04 Å². The lowest BCUT2D eigenvalue weighted by Gasteiger charge is -2.34. The van der Waals surface area contributed by atoms with E-state index in [4.69, 9.17) is 4.74 Å². The molecule has 3 rings (SSSR count). The minimum absolute atomic E-state index is 0.0147. The highest BCUT2D eigenvalue weighted by molar-refractivity contribution is 5.93. The highest BCUT2D eigenvalue weighted by atomic mass is 16.5. The molecule has 9 heteroatoms. The van der Waals surface area contributed by atoms with Gasteiger partial charge in [0, 0.05) is 32.3 Å². The van der Waals surface area contributed by atoms with Crippen LogP contribution in [0.4, 0.5) is 0 Å². The van der Waals surface area contributed by atoms with Gasteiger partial charge in [-0.15, -0.1) is 0 Å². The number of likely N-dealkylation sites (tertiary alicyclic amines) is 2. The van der Waals surface area contributed by atoms with Gasteiger partial charge in [-0.1, -0.05) is 66.9 Å². The van der Waals surface area contributed by atoms with Crippen molar-refractivity contribution in [1.82, 2.24) is 20.0 Å². The first-order valence-electron chi connectivity index (χ1n) is 16.9. The minimum atomic E-state index is -0.564. The van der Waals surface area contributed by atoms with Crippen molar-refractivity contribution >= 4 is 24.2 Å². The molecule has 2 unspecified atom stereocenters. The van der Waals surface area contributed by atoms with Gasteiger partial charge in [0.05, 0.1) is 6.04 Å². The normalized spacial score (nSPS) is 19.8. The van der Waals surface area contributed by atoms with Gasteiger partial charge in [-0.3, -0.25) is 24.1 Å². The summed E-state index contributed by atoms with van der Waals surface area (Å²) in [4.78, 5) is 53.6. The van der Waals surface area contributed by atoms with E-state index in [2.05, 4.69) is 24.1 Å². The molecule has 1 saturated carbocycles. The smallest absolute Gasteiger partial charge is 0.293 e. The summed E-state index contributed by atoms with van der Waals surface area (Å²) in [5, 5.41) is 2.98. The number of amides is 3. The lowest BCUT2D eigenvalue weighted by atomic mass is 9.98. The van der Waals surface area contributed by atoms with Gasteiger partial charge in [-0.05, 0) is 77.8 Å². The molecule has 2 heterocycles. The molecule has 0 aromatic rings. The molecular weight excluding hydrogens is 544 g/mol. The van der Waals surface area contributed by atoms with Crippen molar-refractivity contribution in [3.63, 3.8) is 0 Å². The van der Waals surface area contributed by atoms with Gasteiger partial charge in [0.25, 0.3) is 6.47 Å². The van der Waals surface area contributed by atoms with Crippen LogP contribution in [0.1, 0.15) is 119 Å². The highest BCUT2D eigenvalue weighted by Crippen LogP contribution is 2.19. The Hall–Kier alpha value is -2.42. The van der Waals surface area contributed by atoms with Crippen molar-refractivity contribution in [2.75, 3.05) is 40.3 Å². The predicted molar refractivity (Wildman–Crippen MR) is 176 cm³/mol. The van der Waals surface area contributed by atoms with Crippen LogP contribution in [-0.4, -0.2) is 97.4 Å². The summed E-state index contributed by atoms with van der Waals surface area (Å²) in [7, 11) is 3.69. The molecule has 2 saturated heterocycles. The molecule has 250 valence electrons. The molecular formula is C34H64N4O5. The molecule has 0 aromatic carbocycles. The number of nitrogens with one attached hydrogen (secondary N) is 1. The van der Waals surface area contributed by atoms with Crippen LogP contribution in [0.25, 0.3) is 0 Å². The molecule has 3 amide bonds. The Kier molecular flexibility index (Phi) is 22.6. The zero-order valence-corrected chi connectivity index (χ0v) is 29.0. The van der Waals surface area contributed by atoms with Crippen LogP contribution in [-0.2, 0) is 23.9 Å². The summed E-state index contributed by atoms with van der Waals surface area (Å²) in [5.74, 6) is -0.149. The zero-order valence-electron chi connectivity index (χ0n) is 29.0. The van der Waals surface area contributed by atoms with Crippen LogP contribution in [0.15, 0.2) is 11.6 Å². The standard InChI is InChI=1S/C22H38N4O3.C7H12O2.C3H8.C2H6/c1-16(2)19(23-20(27)18-10-6-7-12-24(18)4)22(29)25(5)15-11-17(3)21(28)26-13-8-9-14-26;8-6-9-7-4-2-1-3-5-7;1-3-2;1-2/h11,16,18-19H,6-10,12-15H2,1-5H3,(H,23,27);6-7H,1-5H2;3H2,1-2H3;1-2H3/b17-11+;;;. The average molecular weight is 609 g/mol. The third kappa shape index (κ3) is 15.7. The largest absolute Gasteiger partial charge is 0.465 e. The van der Waals surface area contributed by atoms with Crippen LogP contribution < -0.4 is 5.32 Å². The van der Waals surface area contributed by atoms with Crippen LogP contribution in [0, 0.1) is 5.92 Å². The topological polar surface area (TPSA) is 99.3 Å². The molecule has 1 N–H and O–H groups in total. The van der Waals surface area contributed by atoms with Crippen LogP contribution >= 0.6 is 0 Å². The van der Waals surface area contributed by atoms with Crippen molar-refractivity contribution < 1.29 is 23.9 Å². The third-order valence-corrected chi connectivity index (χ3v) is 7.88. The summed E-state index contributed by atoms with van der Waals surface area (Å²) in [5.41, 5.74) is 0.667. The number of piperidine rings is 1. The van der Waals surface area contributed by atoms with Gasteiger partial charge in [0.1, 0.15) is 12.1 Å². The lowest BCUT2D eigenvalue weighted by molar-refractivity contribution is -0.138. The van der Waals surface area contributed by atoms with E-state index >= 15 is 0 Å². The van der Waals surface area contributed by atoms with Gasteiger partial charge in [-0.25, -0.2) is 0 Å². The van der Waals surface area contributed by atoms with Gasteiger partial charge >= 0.3 is 0 Å². The number of ether oxygens (including phenoxy) is 1. The van der Waals surface area contributed by atoms with E-state index in [0.29, 0.717) is 18.6 Å². The summed E-state index contributed by atoms with van der Waals surface area (Å²) in [6, 6.07) is -0.728. The lowest BCUT2D eigenvalue weighted by Crippen LogP contribution is -2.56. The molecule has 2 aliphatic heterocycles. The van der Waals surface area contributed by atoms with Crippen molar-refractivity contribution in [2.24, 2.45) is 5.92 Å². The number of nitrogens with zero attached hydrogens (tertiary/aromatic N) is 3. The summed E-state index contributed by atoms with van der Waals surface area (Å²) in [6.45, 7) is 17.4. The number of carbonyl (C=O) groups excluding carboxylic acids is 4. The van der Waals surface area contributed by atoms with E-state index in [1.807, 2.05) is 45.7 Å². The Morgan fingerprint density at radius 2 is 1.47 bits per heavy atom. The second-order valence-corrected chi connectivity index (χ2v) is 12.0. The van der Waals surface area contributed by atoms with Crippen LogP contribution in [0.5, 0.6) is 0 Å². The van der Waals surface area contributed by atoms with E-state index in [0.717, 1.165) is 64.6 Å². The quantitative estimate of drug-likeness (QED) is 0.271. The van der Waals surface area contributed by atoms with Gasteiger partial charge in [-0.2, -0.15) is 0 Å². The molecule has 3 aliphatic rings. The van der Waals surface area contributed by atoms with Crippen molar-refractivity contribution in [2.45, 2.75) is 137 Å². The molecule has 0 bridgehead atoms. The molecule has 1 aliphatic carbocycles. The fourth-order valence-electron chi connectivity index (χ4n) is 5.31. The Balaban J connectivity index is 0.00000104. The van der Waals surface area contributed by atoms with Crippen molar-refractivity contribution in [1.29, 1.82) is 0 Å². The third-order valence-electron chi connectivity index (χ3n) is 7.88. The maximum Gasteiger partial charge on any atom is 0.293 e. The SMILES string of the molecule is C/C(=C\CN(C)C(=O)C(NC(=O)C1CCCCN1C)C(C)C)C(=O)N1CCCC1.CC.CCC.O=COC1CCCCC1. The highest BCUT2D eigenvalue weighted by Gasteiger charge is 2.32. The molecule has 0 radical (unpaired) electrons. The molecule has 0 spiro atoms. The molecule has 0 aromatic heterocycles. The summed E-state index contributed by atoms with van der Waals surface area (Å²) in [6.07, 6.45) is 14.3. The van der Waals surface area contributed by atoms with Gasteiger partial charge in [0.2, 0.25) is 17.7 Å². The Bertz CT molecular complexity index is 820. The summed E-state index contributed by atoms with van der Waals surface area (Å²) >= 11 is 0. The number of hydrogen-bond acceptors (Lipinski definition) is 6. The van der Waals surface area contributed by atoms with Gasteiger partial charge in [0.15, 0.2) is 0 Å². The van der Waals surface area contributed by atoms with Crippen molar-refractivity contribution in [3.8, 4) is 0 Å². The fourth-order valence-corrected chi connectivity index (χ4v) is 5.31. The predicted octanol–water partition coefficient (Wildman–Crippen LogP) is 5.57. The first-order valence-corrected chi connectivity index (χ1v) is 16.9. The molecule has 2 atom stereocenters. The fraction of sp³-hybridized carbons (Fsp3) is 0.824. The van der Waals surface area contributed by atoms with Crippen LogP contribution in [0.2, 0.25) is 0 Å². The van der Waals surface area contributed by atoms with Crippen molar-refractivity contribution in [3.05, 3.63) is 11.6 Å².